The third kappa shape index (κ3) is 5.22. The second-order valence-electron chi connectivity index (χ2n) is 7.67. The van der Waals surface area contributed by atoms with E-state index in [0.29, 0.717) is 40.0 Å². The van der Waals surface area contributed by atoms with Crippen molar-refractivity contribution in [3.05, 3.63) is 89.6 Å². The zero-order valence-corrected chi connectivity index (χ0v) is 17.9. The minimum atomic E-state index is -4.45. The SMILES string of the molecule is CCCNc1cncc(/C(=C(/CC(F)(F)F)c2ccccc2)c2ccc3n[nH]c(F)c3c2)c1. The lowest BCUT2D eigenvalue weighted by Gasteiger charge is -2.19. The van der Waals surface area contributed by atoms with Gasteiger partial charge in [-0.2, -0.15) is 22.7 Å². The number of anilines is 1. The van der Waals surface area contributed by atoms with Crippen molar-refractivity contribution >= 4 is 27.7 Å². The normalized spacial score (nSPS) is 12.6. The second kappa shape index (κ2) is 9.44. The summed E-state index contributed by atoms with van der Waals surface area (Å²) in [6.45, 7) is 2.71. The number of rotatable bonds is 7. The number of benzene rings is 2. The summed E-state index contributed by atoms with van der Waals surface area (Å²) < 4.78 is 55.5. The van der Waals surface area contributed by atoms with Crippen LogP contribution in [0.15, 0.2) is 67.0 Å². The van der Waals surface area contributed by atoms with Gasteiger partial charge in [0.2, 0.25) is 5.95 Å². The predicted molar refractivity (Wildman–Crippen MR) is 122 cm³/mol. The molecule has 4 aromatic rings. The molecule has 0 unspecified atom stereocenters. The lowest BCUT2D eigenvalue weighted by Crippen LogP contribution is -2.10. The Hall–Kier alpha value is -3.68. The van der Waals surface area contributed by atoms with Gasteiger partial charge in [-0.3, -0.25) is 10.1 Å². The molecule has 2 aromatic carbocycles. The van der Waals surface area contributed by atoms with Gasteiger partial charge in [0, 0.05) is 24.5 Å². The van der Waals surface area contributed by atoms with Gasteiger partial charge >= 0.3 is 6.18 Å². The van der Waals surface area contributed by atoms with Crippen LogP contribution in [0.1, 0.15) is 36.5 Å². The summed E-state index contributed by atoms with van der Waals surface area (Å²) in [6, 6.07) is 15.0. The van der Waals surface area contributed by atoms with Crippen molar-refractivity contribution in [2.24, 2.45) is 0 Å². The molecule has 2 heterocycles. The van der Waals surface area contributed by atoms with Crippen LogP contribution in [-0.2, 0) is 0 Å². The Morgan fingerprint density at radius 3 is 2.48 bits per heavy atom. The maximum absolute atomic E-state index is 14.3. The van der Waals surface area contributed by atoms with Gasteiger partial charge in [0.25, 0.3) is 0 Å². The fourth-order valence-electron chi connectivity index (χ4n) is 3.77. The van der Waals surface area contributed by atoms with Crippen LogP contribution in [0, 0.1) is 5.95 Å². The van der Waals surface area contributed by atoms with Crippen LogP contribution in [0.5, 0.6) is 0 Å². The zero-order chi connectivity index (χ0) is 23.4. The molecule has 170 valence electrons. The Morgan fingerprint density at radius 1 is 0.970 bits per heavy atom. The molecule has 0 saturated heterocycles. The molecule has 0 aliphatic rings. The Labute approximate surface area is 188 Å². The lowest BCUT2D eigenvalue weighted by molar-refractivity contribution is -0.122. The summed E-state index contributed by atoms with van der Waals surface area (Å²) in [5, 5.41) is 9.59. The highest BCUT2D eigenvalue weighted by molar-refractivity contribution is 6.00. The zero-order valence-electron chi connectivity index (χ0n) is 17.9. The molecule has 0 spiro atoms. The van der Waals surface area contributed by atoms with E-state index in [1.54, 1.807) is 54.7 Å². The first-order valence-electron chi connectivity index (χ1n) is 10.5. The molecular formula is C25H22F4N4. The van der Waals surface area contributed by atoms with E-state index in [1.807, 2.05) is 6.92 Å². The maximum Gasteiger partial charge on any atom is 0.393 e. The Balaban J connectivity index is 2.00. The van der Waals surface area contributed by atoms with Crippen molar-refractivity contribution in [3.8, 4) is 0 Å². The van der Waals surface area contributed by atoms with E-state index in [-0.39, 0.29) is 11.0 Å². The third-order valence-electron chi connectivity index (χ3n) is 5.20. The van der Waals surface area contributed by atoms with Crippen LogP contribution in [-0.4, -0.2) is 27.9 Å². The van der Waals surface area contributed by atoms with E-state index in [0.717, 1.165) is 6.42 Å². The molecule has 33 heavy (non-hydrogen) atoms. The van der Waals surface area contributed by atoms with Crippen molar-refractivity contribution in [2.75, 3.05) is 11.9 Å². The van der Waals surface area contributed by atoms with E-state index in [9.17, 15) is 17.6 Å². The number of alkyl halides is 3. The minimum Gasteiger partial charge on any atom is -0.384 e. The summed E-state index contributed by atoms with van der Waals surface area (Å²) in [5.41, 5.74) is 2.90. The van der Waals surface area contributed by atoms with Crippen LogP contribution in [0.3, 0.4) is 0 Å². The fraction of sp³-hybridized carbons (Fsp3) is 0.200. The molecular weight excluding hydrogens is 432 g/mol. The first-order chi connectivity index (χ1) is 15.9. The van der Waals surface area contributed by atoms with E-state index in [2.05, 4.69) is 20.5 Å². The lowest BCUT2D eigenvalue weighted by atomic mass is 9.88. The summed E-state index contributed by atoms with van der Waals surface area (Å²) in [7, 11) is 0. The highest BCUT2D eigenvalue weighted by Crippen LogP contribution is 2.40. The van der Waals surface area contributed by atoms with Crippen molar-refractivity contribution < 1.29 is 17.6 Å². The molecule has 0 radical (unpaired) electrons. The predicted octanol–water partition coefficient (Wildman–Crippen LogP) is 6.83. The molecule has 2 N–H and O–H groups in total. The standard InChI is InChI=1S/C25H22F4N4/c1-2-10-31-19-11-18(14-30-15-19)23(17-8-9-22-20(12-17)24(26)33-32-22)21(13-25(27,28)29)16-6-4-3-5-7-16/h3-9,11-12,14-15,31H,2,10,13H2,1H3,(H,32,33)/b23-21-. The number of nitrogens with zero attached hydrogens (tertiary/aromatic N) is 2. The number of nitrogens with one attached hydrogen (secondary N) is 2. The number of H-pyrrole nitrogens is 1. The molecule has 0 atom stereocenters. The maximum atomic E-state index is 14.3. The Kier molecular flexibility index (Phi) is 6.44. The summed E-state index contributed by atoms with van der Waals surface area (Å²) in [4.78, 5) is 4.26. The van der Waals surface area contributed by atoms with Crippen molar-refractivity contribution in [1.29, 1.82) is 0 Å². The first kappa shape index (κ1) is 22.5. The van der Waals surface area contributed by atoms with Crippen LogP contribution >= 0.6 is 0 Å². The number of hydrogen-bond acceptors (Lipinski definition) is 3. The van der Waals surface area contributed by atoms with E-state index in [4.69, 9.17) is 0 Å². The smallest absolute Gasteiger partial charge is 0.384 e. The summed E-state index contributed by atoms with van der Waals surface area (Å²) >= 11 is 0. The van der Waals surface area contributed by atoms with Gasteiger partial charge in [0.15, 0.2) is 0 Å². The van der Waals surface area contributed by atoms with E-state index < -0.39 is 18.5 Å². The Bertz CT molecular complexity index is 1280. The highest BCUT2D eigenvalue weighted by Gasteiger charge is 2.31. The third-order valence-corrected chi connectivity index (χ3v) is 5.20. The van der Waals surface area contributed by atoms with Gasteiger partial charge in [0.05, 0.1) is 23.0 Å². The van der Waals surface area contributed by atoms with E-state index >= 15 is 0 Å². The van der Waals surface area contributed by atoms with Gasteiger partial charge < -0.3 is 5.32 Å². The quantitative estimate of drug-likeness (QED) is 0.238. The second-order valence-corrected chi connectivity index (χ2v) is 7.67. The van der Waals surface area contributed by atoms with Crippen LogP contribution in [0.2, 0.25) is 0 Å². The fourth-order valence-corrected chi connectivity index (χ4v) is 3.77. The number of allylic oxidation sites excluding steroid dienone is 1. The molecule has 2 aromatic heterocycles. The van der Waals surface area contributed by atoms with Crippen LogP contribution in [0.4, 0.5) is 23.2 Å². The molecule has 0 aliphatic heterocycles. The number of halogens is 4. The summed E-state index contributed by atoms with van der Waals surface area (Å²) in [6.07, 6.45) is -1.56. The highest BCUT2D eigenvalue weighted by atomic mass is 19.4. The number of hydrogen-bond donors (Lipinski definition) is 2. The molecule has 4 rings (SSSR count). The summed E-state index contributed by atoms with van der Waals surface area (Å²) in [5.74, 6) is -0.639. The average Bonchev–Trinajstić information content (AvgIpc) is 3.17. The number of aromatic amines is 1. The van der Waals surface area contributed by atoms with Crippen molar-refractivity contribution in [1.82, 2.24) is 15.2 Å². The number of fused-ring (bicyclic) bond motifs is 1. The molecule has 0 bridgehead atoms. The minimum absolute atomic E-state index is 0.0841. The number of aromatic nitrogens is 3. The van der Waals surface area contributed by atoms with Gasteiger partial charge in [-0.15, -0.1) is 0 Å². The van der Waals surface area contributed by atoms with Crippen LogP contribution < -0.4 is 5.32 Å². The first-order valence-corrected chi connectivity index (χ1v) is 10.5. The van der Waals surface area contributed by atoms with Crippen molar-refractivity contribution in [3.63, 3.8) is 0 Å². The monoisotopic (exact) mass is 454 g/mol. The molecule has 0 amide bonds. The number of pyridine rings is 1. The van der Waals surface area contributed by atoms with E-state index in [1.165, 1.54) is 12.3 Å². The average molecular weight is 454 g/mol. The molecule has 4 nitrogen and oxygen atoms in total. The van der Waals surface area contributed by atoms with Gasteiger partial charge in [0.1, 0.15) is 0 Å². The topological polar surface area (TPSA) is 53.6 Å². The molecule has 8 heteroatoms. The molecule has 0 aliphatic carbocycles. The largest absolute Gasteiger partial charge is 0.393 e. The molecule has 0 saturated carbocycles. The van der Waals surface area contributed by atoms with Gasteiger partial charge in [-0.1, -0.05) is 43.3 Å². The van der Waals surface area contributed by atoms with Gasteiger partial charge in [-0.05, 0) is 46.9 Å². The van der Waals surface area contributed by atoms with Crippen molar-refractivity contribution in [2.45, 2.75) is 25.9 Å². The van der Waals surface area contributed by atoms with Gasteiger partial charge in [-0.25, -0.2) is 0 Å². The Morgan fingerprint density at radius 2 is 1.76 bits per heavy atom. The van der Waals surface area contributed by atoms with Crippen LogP contribution in [0.25, 0.3) is 22.0 Å². The molecule has 0 fully saturated rings.